The quantitative estimate of drug-likeness (QED) is 0.465. The summed E-state index contributed by atoms with van der Waals surface area (Å²) in [6.07, 6.45) is -1.59. The molecule has 0 aromatic rings. The van der Waals surface area contributed by atoms with Crippen LogP contribution in [-0.4, -0.2) is 55.9 Å². The maximum absolute atomic E-state index is 10.2. The van der Waals surface area contributed by atoms with Crippen LogP contribution >= 0.6 is 0 Å². The van der Waals surface area contributed by atoms with E-state index >= 15 is 0 Å². The molecule has 8 nitrogen and oxygen atoms in total. The van der Waals surface area contributed by atoms with Gasteiger partial charge in [0.05, 0.1) is 19.8 Å². The van der Waals surface area contributed by atoms with E-state index in [1.165, 1.54) is 0 Å². The van der Waals surface area contributed by atoms with Crippen LogP contribution in [0.25, 0.3) is 0 Å². The number of nitrogens with two attached hydrogens (primary N) is 1. The lowest BCUT2D eigenvalue weighted by atomic mass is 10.1. The molecule has 2 heterocycles. The average molecular weight is 234 g/mol. The highest BCUT2D eigenvalue weighted by atomic mass is 17.0. The van der Waals surface area contributed by atoms with Crippen molar-refractivity contribution in [3.8, 4) is 0 Å². The molecular formula is C8H14N2O6. The van der Waals surface area contributed by atoms with Crippen LogP contribution in [0, 0.1) is 10.1 Å². The molecule has 0 amide bonds. The molecule has 2 N–H and O–H groups in total. The molecule has 2 fully saturated rings. The Morgan fingerprint density at radius 1 is 1.31 bits per heavy atom. The van der Waals surface area contributed by atoms with Gasteiger partial charge < -0.3 is 24.8 Å². The second-order valence-electron chi connectivity index (χ2n) is 3.66. The lowest BCUT2D eigenvalue weighted by Gasteiger charge is -2.16. The Kier molecular flexibility index (Phi) is 3.54. The fourth-order valence-electron chi connectivity index (χ4n) is 1.99. The molecular weight excluding hydrogens is 220 g/mol. The van der Waals surface area contributed by atoms with E-state index in [9.17, 15) is 10.1 Å². The number of hydrogen-bond donors (Lipinski definition) is 1. The van der Waals surface area contributed by atoms with Crippen LogP contribution in [0.1, 0.15) is 0 Å². The molecule has 2 aliphatic heterocycles. The van der Waals surface area contributed by atoms with Crippen molar-refractivity contribution < 1.29 is 24.1 Å². The third kappa shape index (κ3) is 2.24. The topological polar surface area (TPSA) is 106 Å². The van der Waals surface area contributed by atoms with Gasteiger partial charge in [0.15, 0.2) is 6.10 Å². The maximum atomic E-state index is 10.2. The van der Waals surface area contributed by atoms with Crippen LogP contribution in [0.4, 0.5) is 0 Å². The van der Waals surface area contributed by atoms with E-state index in [1.54, 1.807) is 0 Å². The molecule has 8 heteroatoms. The van der Waals surface area contributed by atoms with E-state index in [0.29, 0.717) is 19.8 Å². The van der Waals surface area contributed by atoms with E-state index in [1.807, 2.05) is 0 Å². The second-order valence-corrected chi connectivity index (χ2v) is 3.66. The molecule has 92 valence electrons. The Morgan fingerprint density at radius 2 is 1.94 bits per heavy atom. The first kappa shape index (κ1) is 11.5. The molecule has 0 saturated carbocycles. The van der Waals surface area contributed by atoms with Crippen molar-refractivity contribution in [2.24, 2.45) is 5.73 Å². The van der Waals surface area contributed by atoms with Gasteiger partial charge in [-0.3, -0.25) is 0 Å². The van der Waals surface area contributed by atoms with Crippen molar-refractivity contribution in [1.29, 1.82) is 0 Å². The van der Waals surface area contributed by atoms with Gasteiger partial charge in [-0.1, -0.05) is 0 Å². The molecule has 2 rings (SSSR count). The Morgan fingerprint density at radius 3 is 2.56 bits per heavy atom. The van der Waals surface area contributed by atoms with Gasteiger partial charge in [-0.2, -0.15) is 0 Å². The highest BCUT2D eigenvalue weighted by Crippen LogP contribution is 2.30. The van der Waals surface area contributed by atoms with Gasteiger partial charge in [0.1, 0.15) is 18.3 Å². The molecule has 0 unspecified atom stereocenters. The van der Waals surface area contributed by atoms with Gasteiger partial charge in [-0.25, -0.2) is 0 Å². The number of rotatable bonds is 5. The first-order chi connectivity index (χ1) is 7.72. The van der Waals surface area contributed by atoms with Gasteiger partial charge in [0.2, 0.25) is 0 Å². The van der Waals surface area contributed by atoms with Crippen LogP contribution in [0.2, 0.25) is 0 Å². The average Bonchev–Trinajstić information content (AvgIpc) is 2.78. The fourth-order valence-corrected chi connectivity index (χ4v) is 1.99. The summed E-state index contributed by atoms with van der Waals surface area (Å²) in [7, 11) is 0. The third-order valence-electron chi connectivity index (χ3n) is 2.63. The molecule has 0 bridgehead atoms. The number of nitrogens with zero attached hydrogens (tertiary/aromatic N) is 1. The van der Waals surface area contributed by atoms with Gasteiger partial charge >= 0.3 is 0 Å². The first-order valence-electron chi connectivity index (χ1n) is 5.08. The van der Waals surface area contributed by atoms with E-state index < -0.39 is 17.3 Å². The summed E-state index contributed by atoms with van der Waals surface area (Å²) in [5, 5.41) is 9.40. The highest BCUT2D eigenvalue weighted by Gasteiger charge is 2.49. The maximum Gasteiger partial charge on any atom is 0.294 e. The second kappa shape index (κ2) is 4.91. The smallest absolute Gasteiger partial charge is 0.294 e. The van der Waals surface area contributed by atoms with Gasteiger partial charge in [-0.05, 0) is 0 Å². The predicted octanol–water partition coefficient (Wildman–Crippen LogP) is -1.30. The molecule has 2 aliphatic rings. The van der Waals surface area contributed by atoms with E-state index in [-0.39, 0.29) is 18.8 Å². The Balaban J connectivity index is 1.87. The third-order valence-corrected chi connectivity index (χ3v) is 2.63. The zero-order valence-electron chi connectivity index (χ0n) is 8.61. The van der Waals surface area contributed by atoms with Crippen LogP contribution in [-0.2, 0) is 19.0 Å². The summed E-state index contributed by atoms with van der Waals surface area (Å²) >= 11 is 0. The zero-order chi connectivity index (χ0) is 11.5. The minimum Gasteiger partial charge on any atom is -0.372 e. The number of ether oxygens (including phenoxy) is 3. The molecule has 0 aromatic carbocycles. The molecule has 0 aliphatic carbocycles. The van der Waals surface area contributed by atoms with Gasteiger partial charge in [0, 0.05) is 6.54 Å². The minimum atomic E-state index is -0.826. The normalized spacial score (nSPS) is 37.3. The summed E-state index contributed by atoms with van der Waals surface area (Å²) in [5.41, 5.74) is 5.32. The predicted molar refractivity (Wildman–Crippen MR) is 50.1 cm³/mol. The van der Waals surface area contributed by atoms with Crippen LogP contribution in [0.3, 0.4) is 0 Å². The molecule has 16 heavy (non-hydrogen) atoms. The molecule has 2 saturated heterocycles. The van der Waals surface area contributed by atoms with E-state index in [4.69, 9.17) is 19.9 Å². The summed E-state index contributed by atoms with van der Waals surface area (Å²) in [4.78, 5) is 14.7. The Hall–Kier alpha value is -0.960. The molecule has 4 atom stereocenters. The van der Waals surface area contributed by atoms with Gasteiger partial charge in [-0.15, -0.1) is 10.1 Å². The monoisotopic (exact) mass is 234 g/mol. The van der Waals surface area contributed by atoms with Crippen molar-refractivity contribution in [1.82, 2.24) is 0 Å². The molecule has 0 spiro atoms. The lowest BCUT2D eigenvalue weighted by Crippen LogP contribution is -2.35. The summed E-state index contributed by atoms with van der Waals surface area (Å²) in [5.74, 6) is 0. The van der Waals surface area contributed by atoms with Crippen molar-refractivity contribution in [3.63, 3.8) is 0 Å². The van der Waals surface area contributed by atoms with Crippen molar-refractivity contribution in [3.05, 3.63) is 10.1 Å². The number of hydrogen-bond acceptors (Lipinski definition) is 7. The summed E-state index contributed by atoms with van der Waals surface area (Å²) < 4.78 is 16.2. The lowest BCUT2D eigenvalue weighted by molar-refractivity contribution is -0.769. The number of fused-ring (bicyclic) bond motifs is 1. The Labute approximate surface area is 91.7 Å². The van der Waals surface area contributed by atoms with E-state index in [2.05, 4.69) is 4.84 Å². The summed E-state index contributed by atoms with van der Waals surface area (Å²) in [6.45, 7) is 1.34. The largest absolute Gasteiger partial charge is 0.372 e. The van der Waals surface area contributed by atoms with Gasteiger partial charge in [0.25, 0.3) is 5.09 Å². The Bertz CT molecular complexity index is 263. The molecule has 0 aromatic heterocycles. The summed E-state index contributed by atoms with van der Waals surface area (Å²) in [6, 6.07) is 0. The van der Waals surface area contributed by atoms with Crippen LogP contribution in [0.15, 0.2) is 0 Å². The van der Waals surface area contributed by atoms with E-state index in [0.717, 1.165) is 0 Å². The minimum absolute atomic E-state index is 0.152. The molecule has 0 radical (unpaired) electrons. The van der Waals surface area contributed by atoms with Crippen LogP contribution < -0.4 is 5.73 Å². The van der Waals surface area contributed by atoms with Crippen molar-refractivity contribution >= 4 is 0 Å². The highest BCUT2D eigenvalue weighted by molar-refractivity contribution is 4.95. The van der Waals surface area contributed by atoms with Crippen molar-refractivity contribution in [2.45, 2.75) is 24.4 Å². The van der Waals surface area contributed by atoms with Crippen molar-refractivity contribution in [2.75, 3.05) is 26.4 Å². The van der Waals surface area contributed by atoms with Crippen LogP contribution in [0.5, 0.6) is 0 Å². The standard InChI is InChI=1S/C8H14N2O6/c9-1-2-13-5-3-14-8-6(16-10(11)12)4-15-7(5)8/h5-8H,1-4,9H2/t5-,6+,7+,8+/m0/s1. The fraction of sp³-hybridized carbons (Fsp3) is 1.00. The first-order valence-corrected chi connectivity index (χ1v) is 5.08. The zero-order valence-corrected chi connectivity index (χ0v) is 8.61. The SMILES string of the molecule is NCCO[C@H]1CO[C@H]2[C@@H]1OC[C@H]2O[N+](=O)[O-].